The molecule has 0 amide bonds. The average molecular weight is 805 g/mol. The van der Waals surface area contributed by atoms with Gasteiger partial charge in [0.2, 0.25) is 0 Å². The van der Waals surface area contributed by atoms with Gasteiger partial charge in [-0.15, -0.1) is 0 Å². The van der Waals surface area contributed by atoms with Crippen molar-refractivity contribution < 1.29 is 0 Å². The predicted octanol–water partition coefficient (Wildman–Crippen LogP) is 16.7. The van der Waals surface area contributed by atoms with Crippen LogP contribution in [-0.4, -0.2) is 4.57 Å². The van der Waals surface area contributed by atoms with Crippen LogP contribution in [0.25, 0.3) is 82.8 Å². The number of nitrogens with zero attached hydrogens (tertiary/aromatic N) is 2. The molecule has 0 bridgehead atoms. The zero-order chi connectivity index (χ0) is 42.1. The average Bonchev–Trinajstić information content (AvgIpc) is 3.79. The van der Waals surface area contributed by atoms with Crippen LogP contribution in [0.15, 0.2) is 231 Å². The molecule has 0 unspecified atom stereocenters. The van der Waals surface area contributed by atoms with Crippen LogP contribution in [0.4, 0.5) is 17.1 Å². The molecule has 0 fully saturated rings. The number of anilines is 3. The number of hydrogen-bond donors (Lipinski definition) is 0. The zero-order valence-electron chi connectivity index (χ0n) is 35.3. The highest BCUT2D eigenvalue weighted by Crippen LogP contribution is 2.52. The predicted molar refractivity (Wildman–Crippen MR) is 267 cm³/mol. The number of hydrogen-bond acceptors (Lipinski definition) is 1. The highest BCUT2D eigenvalue weighted by Gasteiger charge is 2.36. The Bertz CT molecular complexity index is 3510. The highest BCUT2D eigenvalue weighted by molar-refractivity contribution is 6.11. The molecule has 1 heterocycles. The normalized spacial score (nSPS) is 12.7. The van der Waals surface area contributed by atoms with E-state index in [1.807, 2.05) is 0 Å². The third kappa shape index (κ3) is 6.02. The molecule has 12 rings (SSSR count). The van der Waals surface area contributed by atoms with Gasteiger partial charge >= 0.3 is 0 Å². The van der Waals surface area contributed by atoms with Crippen molar-refractivity contribution in [2.75, 3.05) is 4.90 Å². The van der Waals surface area contributed by atoms with Crippen molar-refractivity contribution >= 4 is 49.6 Å². The molecule has 0 radical (unpaired) electrons. The van der Waals surface area contributed by atoms with Crippen molar-refractivity contribution in [2.24, 2.45) is 0 Å². The van der Waals surface area contributed by atoms with Gasteiger partial charge in [-0.1, -0.05) is 178 Å². The first-order valence-corrected chi connectivity index (χ1v) is 21.9. The van der Waals surface area contributed by atoms with E-state index in [-0.39, 0.29) is 5.41 Å². The summed E-state index contributed by atoms with van der Waals surface area (Å²) in [5.41, 5.74) is 19.6. The Morgan fingerprint density at radius 2 is 0.857 bits per heavy atom. The minimum absolute atomic E-state index is 0.168. The molecule has 0 atom stereocenters. The van der Waals surface area contributed by atoms with E-state index >= 15 is 0 Å². The zero-order valence-corrected chi connectivity index (χ0v) is 35.3. The van der Waals surface area contributed by atoms with Crippen LogP contribution in [0.2, 0.25) is 0 Å². The number of benzene rings is 10. The fourth-order valence-electron chi connectivity index (χ4n) is 10.3. The molecule has 2 nitrogen and oxygen atoms in total. The SMILES string of the molecule is CC1(C)c2cc(-c3ccccc3)ccc2-c2ccc(N(c3ccccc3)c3ccc(-c4ccc(-c5ccc6c(c5)c5ccccc5n6-c5ccccc5)cc4)c4ccccc34)cc21. The molecular weight excluding hydrogens is 761 g/mol. The number of para-hydroxylation sites is 3. The van der Waals surface area contributed by atoms with Gasteiger partial charge in [-0.25, -0.2) is 0 Å². The molecule has 63 heavy (non-hydrogen) atoms. The van der Waals surface area contributed by atoms with Gasteiger partial charge in [-0.3, -0.25) is 0 Å². The number of rotatable bonds is 7. The third-order valence-corrected chi connectivity index (χ3v) is 13.4. The molecule has 10 aromatic carbocycles. The van der Waals surface area contributed by atoms with E-state index in [2.05, 4.69) is 254 Å². The molecule has 2 heteroatoms. The topological polar surface area (TPSA) is 8.17 Å². The Balaban J connectivity index is 0.924. The Morgan fingerprint density at radius 3 is 1.62 bits per heavy atom. The standard InChI is InChI=1S/C61H44N2/c1-61(2)56-39-45(41-16-6-3-7-17-41)30-33-51(56)52-34-32-48(40-57(52)61)62(46-18-8-4-9-19-46)59-37-35-49(50-22-12-13-23-53(50)59)43-28-26-42(27-29-43)44-31-36-60-55(38-44)54-24-14-15-25-58(54)63(60)47-20-10-5-11-21-47/h3-40H,1-2H3. The van der Waals surface area contributed by atoms with Crippen molar-refractivity contribution in [2.45, 2.75) is 19.3 Å². The van der Waals surface area contributed by atoms with Crippen molar-refractivity contribution in [3.8, 4) is 50.2 Å². The van der Waals surface area contributed by atoms with Crippen LogP contribution >= 0.6 is 0 Å². The Morgan fingerprint density at radius 1 is 0.333 bits per heavy atom. The van der Waals surface area contributed by atoms with E-state index in [4.69, 9.17) is 0 Å². The summed E-state index contributed by atoms with van der Waals surface area (Å²) >= 11 is 0. The minimum Gasteiger partial charge on any atom is -0.310 e. The van der Waals surface area contributed by atoms with Crippen molar-refractivity contribution in [3.05, 3.63) is 242 Å². The van der Waals surface area contributed by atoms with Crippen molar-refractivity contribution in [1.29, 1.82) is 0 Å². The summed E-state index contributed by atoms with van der Waals surface area (Å²) in [7, 11) is 0. The lowest BCUT2D eigenvalue weighted by atomic mass is 9.81. The van der Waals surface area contributed by atoms with Crippen LogP contribution in [0.1, 0.15) is 25.0 Å². The van der Waals surface area contributed by atoms with E-state index in [1.165, 1.54) is 93.9 Å². The summed E-state index contributed by atoms with van der Waals surface area (Å²) < 4.78 is 2.37. The Kier molecular flexibility index (Phi) is 8.55. The van der Waals surface area contributed by atoms with Gasteiger partial charge in [0.05, 0.1) is 16.7 Å². The number of fused-ring (bicyclic) bond motifs is 7. The Labute approximate surface area is 368 Å². The van der Waals surface area contributed by atoms with Gasteiger partial charge < -0.3 is 9.47 Å². The van der Waals surface area contributed by atoms with E-state index in [0.29, 0.717) is 0 Å². The third-order valence-electron chi connectivity index (χ3n) is 13.4. The van der Waals surface area contributed by atoms with Gasteiger partial charge in [0.1, 0.15) is 0 Å². The van der Waals surface area contributed by atoms with E-state index in [0.717, 1.165) is 17.1 Å². The fourth-order valence-corrected chi connectivity index (χ4v) is 10.3. The summed E-state index contributed by atoms with van der Waals surface area (Å²) in [5.74, 6) is 0. The summed E-state index contributed by atoms with van der Waals surface area (Å²) in [6.07, 6.45) is 0. The first-order valence-electron chi connectivity index (χ1n) is 21.9. The molecule has 0 saturated carbocycles. The lowest BCUT2D eigenvalue weighted by Gasteiger charge is -2.29. The van der Waals surface area contributed by atoms with Crippen LogP contribution in [-0.2, 0) is 5.41 Å². The number of aromatic nitrogens is 1. The lowest BCUT2D eigenvalue weighted by molar-refractivity contribution is 0.660. The highest BCUT2D eigenvalue weighted by atomic mass is 15.1. The van der Waals surface area contributed by atoms with Gasteiger partial charge in [0.15, 0.2) is 0 Å². The molecule has 0 saturated heterocycles. The van der Waals surface area contributed by atoms with Gasteiger partial charge in [0.25, 0.3) is 0 Å². The second-order valence-electron chi connectivity index (χ2n) is 17.3. The molecule has 0 aliphatic heterocycles. The summed E-state index contributed by atoms with van der Waals surface area (Å²) in [4.78, 5) is 2.44. The maximum absolute atomic E-state index is 2.44. The van der Waals surface area contributed by atoms with Crippen LogP contribution < -0.4 is 4.90 Å². The van der Waals surface area contributed by atoms with Gasteiger partial charge in [0, 0.05) is 38.6 Å². The Hall–Kier alpha value is -7.94. The maximum atomic E-state index is 2.44. The molecule has 0 spiro atoms. The fraction of sp³-hybridized carbons (Fsp3) is 0.0492. The molecular formula is C61H44N2. The van der Waals surface area contributed by atoms with Crippen LogP contribution in [0.5, 0.6) is 0 Å². The van der Waals surface area contributed by atoms with E-state index < -0.39 is 0 Å². The van der Waals surface area contributed by atoms with Crippen molar-refractivity contribution in [3.63, 3.8) is 0 Å². The smallest absolute Gasteiger partial charge is 0.0541 e. The largest absolute Gasteiger partial charge is 0.310 e. The molecule has 11 aromatic rings. The van der Waals surface area contributed by atoms with Crippen molar-refractivity contribution in [1.82, 2.24) is 4.57 Å². The van der Waals surface area contributed by atoms with Gasteiger partial charge in [-0.05, 0) is 128 Å². The first kappa shape index (κ1) is 36.9. The van der Waals surface area contributed by atoms with E-state index in [9.17, 15) is 0 Å². The van der Waals surface area contributed by atoms with Crippen LogP contribution in [0, 0.1) is 0 Å². The molecule has 1 aromatic heterocycles. The maximum Gasteiger partial charge on any atom is 0.0541 e. The first-order chi connectivity index (χ1) is 31.0. The lowest BCUT2D eigenvalue weighted by Crippen LogP contribution is -2.17. The monoisotopic (exact) mass is 804 g/mol. The van der Waals surface area contributed by atoms with E-state index in [1.54, 1.807) is 0 Å². The summed E-state index contributed by atoms with van der Waals surface area (Å²) in [6.45, 7) is 4.75. The molecule has 0 N–H and O–H groups in total. The quantitative estimate of drug-likeness (QED) is 0.156. The molecule has 1 aliphatic carbocycles. The minimum atomic E-state index is -0.168. The van der Waals surface area contributed by atoms with Crippen LogP contribution in [0.3, 0.4) is 0 Å². The second kappa shape index (κ2) is 14.6. The molecule has 298 valence electrons. The van der Waals surface area contributed by atoms with Gasteiger partial charge in [-0.2, -0.15) is 0 Å². The second-order valence-corrected chi connectivity index (χ2v) is 17.3. The summed E-state index contributed by atoms with van der Waals surface area (Å²) in [5, 5.41) is 4.95. The summed E-state index contributed by atoms with van der Waals surface area (Å²) in [6, 6.07) is 84.5. The molecule has 1 aliphatic rings.